The number of benzene rings is 1. The minimum Gasteiger partial charge on any atom is -0.388 e. The third-order valence-electron chi connectivity index (χ3n) is 3.24. The van der Waals surface area contributed by atoms with Crippen molar-refractivity contribution in [3.05, 3.63) is 34.1 Å². The predicted molar refractivity (Wildman–Crippen MR) is 76.3 cm³/mol. The van der Waals surface area contributed by atoms with Crippen LogP contribution in [0.5, 0.6) is 0 Å². The van der Waals surface area contributed by atoms with E-state index in [1.165, 1.54) is 6.07 Å². The van der Waals surface area contributed by atoms with Gasteiger partial charge in [-0.25, -0.2) is 4.39 Å². The van der Waals surface area contributed by atoms with Gasteiger partial charge >= 0.3 is 0 Å². The molecule has 106 valence electrons. The Balaban J connectivity index is 2.54. The zero-order valence-electron chi connectivity index (χ0n) is 11.3. The van der Waals surface area contributed by atoms with E-state index in [0.717, 1.165) is 5.56 Å². The first kappa shape index (κ1) is 16.1. The molecule has 1 aromatic carbocycles. The molecule has 0 radical (unpaired) electrons. The van der Waals surface area contributed by atoms with Crippen molar-refractivity contribution < 1.29 is 14.3 Å². The van der Waals surface area contributed by atoms with Gasteiger partial charge in [0.2, 0.25) is 5.91 Å². The average molecular weight is 332 g/mol. The highest BCUT2D eigenvalue weighted by molar-refractivity contribution is 9.10. The van der Waals surface area contributed by atoms with Crippen LogP contribution in [0.15, 0.2) is 22.7 Å². The van der Waals surface area contributed by atoms with E-state index in [0.29, 0.717) is 4.47 Å². The first-order valence-electron chi connectivity index (χ1n) is 6.15. The summed E-state index contributed by atoms with van der Waals surface area (Å²) in [5, 5.41) is 12.7. The van der Waals surface area contributed by atoms with E-state index in [1.807, 2.05) is 13.8 Å². The molecular formula is C14H19BrFNO2. The second-order valence-corrected chi connectivity index (χ2v) is 6.07. The summed E-state index contributed by atoms with van der Waals surface area (Å²) < 4.78 is 13.4. The Morgan fingerprint density at radius 1 is 1.53 bits per heavy atom. The maximum Gasteiger partial charge on any atom is 0.224 e. The van der Waals surface area contributed by atoms with Crippen LogP contribution in [0, 0.1) is 11.7 Å². The summed E-state index contributed by atoms with van der Waals surface area (Å²) in [4.78, 5) is 11.7. The van der Waals surface area contributed by atoms with Gasteiger partial charge in [0.25, 0.3) is 0 Å². The number of rotatable bonds is 5. The molecule has 0 fully saturated rings. The summed E-state index contributed by atoms with van der Waals surface area (Å²) in [6.45, 7) is 5.67. The number of amides is 1. The van der Waals surface area contributed by atoms with Gasteiger partial charge in [-0.05, 0) is 46.5 Å². The lowest BCUT2D eigenvalue weighted by molar-refractivity contribution is -0.122. The molecule has 1 unspecified atom stereocenters. The highest BCUT2D eigenvalue weighted by atomic mass is 79.9. The Morgan fingerprint density at radius 3 is 2.68 bits per heavy atom. The molecular weight excluding hydrogens is 313 g/mol. The molecule has 0 aliphatic rings. The molecule has 0 aromatic heterocycles. The number of nitrogens with one attached hydrogen (secondary N) is 1. The van der Waals surface area contributed by atoms with Crippen LogP contribution < -0.4 is 5.32 Å². The topological polar surface area (TPSA) is 49.3 Å². The van der Waals surface area contributed by atoms with Crippen LogP contribution in [-0.2, 0) is 11.2 Å². The van der Waals surface area contributed by atoms with E-state index in [2.05, 4.69) is 21.2 Å². The van der Waals surface area contributed by atoms with Crippen molar-refractivity contribution in [3.8, 4) is 0 Å². The number of aliphatic hydroxyl groups is 1. The minimum atomic E-state index is -0.932. The van der Waals surface area contributed by atoms with Gasteiger partial charge in [0.1, 0.15) is 5.82 Å². The minimum absolute atomic E-state index is 0.0489. The normalized spacial score (nSPS) is 14.3. The Labute approximate surface area is 121 Å². The molecule has 0 aliphatic heterocycles. The molecule has 1 atom stereocenters. The summed E-state index contributed by atoms with van der Waals surface area (Å²) >= 11 is 3.08. The molecule has 0 saturated heterocycles. The van der Waals surface area contributed by atoms with Crippen LogP contribution in [0.1, 0.15) is 26.3 Å². The van der Waals surface area contributed by atoms with Crippen LogP contribution in [-0.4, -0.2) is 23.2 Å². The second kappa shape index (κ2) is 6.48. The monoisotopic (exact) mass is 331 g/mol. The number of carbonyl (C=O) groups is 1. The predicted octanol–water partition coefficient (Wildman–Crippen LogP) is 2.65. The van der Waals surface area contributed by atoms with Gasteiger partial charge in [0.15, 0.2) is 0 Å². The quantitative estimate of drug-likeness (QED) is 0.871. The smallest absolute Gasteiger partial charge is 0.224 e. The van der Waals surface area contributed by atoms with Gasteiger partial charge in [-0.15, -0.1) is 0 Å². The lowest BCUT2D eigenvalue weighted by Crippen LogP contribution is -2.44. The van der Waals surface area contributed by atoms with E-state index in [1.54, 1.807) is 19.1 Å². The molecule has 1 amide bonds. The first-order valence-corrected chi connectivity index (χ1v) is 6.94. The largest absolute Gasteiger partial charge is 0.388 e. The van der Waals surface area contributed by atoms with E-state index in [4.69, 9.17) is 0 Å². The van der Waals surface area contributed by atoms with E-state index in [9.17, 15) is 14.3 Å². The maximum absolute atomic E-state index is 13.0. The second-order valence-electron chi connectivity index (χ2n) is 5.21. The van der Waals surface area contributed by atoms with Crippen LogP contribution >= 0.6 is 15.9 Å². The molecule has 19 heavy (non-hydrogen) atoms. The van der Waals surface area contributed by atoms with Crippen molar-refractivity contribution in [2.24, 2.45) is 5.92 Å². The Hall–Kier alpha value is -0.940. The van der Waals surface area contributed by atoms with E-state index < -0.39 is 5.60 Å². The third-order valence-corrected chi connectivity index (χ3v) is 3.84. The van der Waals surface area contributed by atoms with Gasteiger partial charge in [-0.2, -0.15) is 0 Å². The highest BCUT2D eigenvalue weighted by Crippen LogP contribution is 2.17. The molecule has 0 saturated carbocycles. The zero-order valence-corrected chi connectivity index (χ0v) is 12.9. The van der Waals surface area contributed by atoms with Crippen LogP contribution in [0.2, 0.25) is 0 Å². The molecule has 3 nitrogen and oxygen atoms in total. The highest BCUT2D eigenvalue weighted by Gasteiger charge is 2.25. The Morgan fingerprint density at radius 2 is 2.16 bits per heavy atom. The fraction of sp³-hybridized carbons (Fsp3) is 0.500. The van der Waals surface area contributed by atoms with Gasteiger partial charge in [0, 0.05) is 6.54 Å². The van der Waals surface area contributed by atoms with Gasteiger partial charge in [-0.3, -0.25) is 4.79 Å². The summed E-state index contributed by atoms with van der Waals surface area (Å²) in [5.74, 6) is -0.501. The molecule has 0 aliphatic carbocycles. The van der Waals surface area contributed by atoms with Gasteiger partial charge < -0.3 is 10.4 Å². The molecule has 5 heteroatoms. The van der Waals surface area contributed by atoms with Crippen LogP contribution in [0.4, 0.5) is 4.39 Å². The molecule has 1 rings (SSSR count). The summed E-state index contributed by atoms with van der Waals surface area (Å²) in [7, 11) is 0. The van der Waals surface area contributed by atoms with Crippen molar-refractivity contribution >= 4 is 21.8 Å². The Kier molecular flexibility index (Phi) is 5.50. The zero-order chi connectivity index (χ0) is 14.6. The van der Waals surface area contributed by atoms with Crippen molar-refractivity contribution in [1.82, 2.24) is 5.32 Å². The molecule has 0 bridgehead atoms. The lowest BCUT2D eigenvalue weighted by atomic mass is 9.92. The van der Waals surface area contributed by atoms with Crippen molar-refractivity contribution in [1.29, 1.82) is 0 Å². The van der Waals surface area contributed by atoms with Crippen molar-refractivity contribution in [3.63, 3.8) is 0 Å². The van der Waals surface area contributed by atoms with Gasteiger partial charge in [-0.1, -0.05) is 19.9 Å². The van der Waals surface area contributed by atoms with E-state index >= 15 is 0 Å². The lowest BCUT2D eigenvalue weighted by Gasteiger charge is -2.27. The van der Waals surface area contributed by atoms with Crippen LogP contribution in [0.25, 0.3) is 0 Å². The van der Waals surface area contributed by atoms with Crippen molar-refractivity contribution in [2.75, 3.05) is 6.54 Å². The number of carbonyl (C=O) groups excluding carboxylic acids is 1. The number of halogens is 2. The Bertz CT molecular complexity index is 461. The summed E-state index contributed by atoms with van der Waals surface area (Å²) in [6.07, 6.45) is 0.160. The van der Waals surface area contributed by atoms with Crippen LogP contribution in [0.3, 0.4) is 0 Å². The SMILES string of the molecule is CC(C)C(C)(O)CNC(=O)Cc1ccc(F)c(Br)c1. The third kappa shape index (κ3) is 4.91. The number of hydrogen-bond acceptors (Lipinski definition) is 2. The van der Waals surface area contributed by atoms with E-state index in [-0.39, 0.29) is 30.6 Å². The molecule has 2 N–H and O–H groups in total. The number of hydrogen-bond donors (Lipinski definition) is 2. The standard InChI is InChI=1S/C14H19BrFNO2/c1-9(2)14(3,19)8-17-13(18)7-10-4-5-12(16)11(15)6-10/h4-6,9,19H,7-8H2,1-3H3,(H,17,18). The maximum atomic E-state index is 13.0. The fourth-order valence-corrected chi connectivity index (χ4v) is 1.81. The first-order chi connectivity index (χ1) is 8.72. The summed E-state index contributed by atoms with van der Waals surface area (Å²) in [5.41, 5.74) is -0.214. The fourth-order valence-electron chi connectivity index (χ4n) is 1.38. The molecule has 0 spiro atoms. The summed E-state index contributed by atoms with van der Waals surface area (Å²) in [6, 6.07) is 4.47. The van der Waals surface area contributed by atoms with Crippen molar-refractivity contribution in [2.45, 2.75) is 32.8 Å². The van der Waals surface area contributed by atoms with Gasteiger partial charge in [0.05, 0.1) is 16.5 Å². The molecule has 0 heterocycles. The average Bonchev–Trinajstić information content (AvgIpc) is 2.31. The molecule has 1 aromatic rings.